The van der Waals surface area contributed by atoms with Crippen molar-refractivity contribution in [2.24, 2.45) is 0 Å². The summed E-state index contributed by atoms with van der Waals surface area (Å²) < 4.78 is 1.42. The smallest absolute Gasteiger partial charge is 0.326 e. The number of amides is 1. The first kappa shape index (κ1) is 15.6. The number of aromatic nitrogens is 4. The molecule has 0 saturated heterocycles. The minimum Gasteiger partial charge on any atom is -0.480 e. The van der Waals surface area contributed by atoms with Gasteiger partial charge in [0.15, 0.2) is 0 Å². The van der Waals surface area contributed by atoms with Crippen molar-refractivity contribution in [3.63, 3.8) is 0 Å². The van der Waals surface area contributed by atoms with E-state index in [1.807, 2.05) is 6.92 Å². The van der Waals surface area contributed by atoms with Gasteiger partial charge in [-0.05, 0) is 35.0 Å². The number of carbonyl (C=O) groups is 2. The van der Waals surface area contributed by atoms with Crippen molar-refractivity contribution >= 4 is 11.9 Å². The molecule has 2 aromatic rings. The lowest BCUT2D eigenvalue weighted by Gasteiger charge is -2.14. The summed E-state index contributed by atoms with van der Waals surface area (Å²) in [6, 6.07) is 5.77. The standard InChI is InChI=1S/C14H17N5O3/c1-2-3-7-12(14(21)22)16-13(20)10-5-4-6-11(8-10)19-9-15-17-18-19/h4-6,8-9,12H,2-3,7H2,1H3,(H,16,20)(H,21,22)/t12-/m0/s1. The summed E-state index contributed by atoms with van der Waals surface area (Å²) in [6.07, 6.45) is 3.43. The molecule has 1 aromatic carbocycles. The molecule has 22 heavy (non-hydrogen) atoms. The van der Waals surface area contributed by atoms with Crippen molar-refractivity contribution < 1.29 is 14.7 Å². The van der Waals surface area contributed by atoms with Crippen LogP contribution < -0.4 is 5.32 Å². The molecule has 0 aliphatic heterocycles. The van der Waals surface area contributed by atoms with Gasteiger partial charge in [-0.2, -0.15) is 0 Å². The van der Waals surface area contributed by atoms with Crippen molar-refractivity contribution in [3.8, 4) is 5.69 Å². The maximum absolute atomic E-state index is 12.2. The van der Waals surface area contributed by atoms with Crippen LogP contribution >= 0.6 is 0 Å². The lowest BCUT2D eigenvalue weighted by molar-refractivity contribution is -0.139. The maximum Gasteiger partial charge on any atom is 0.326 e. The van der Waals surface area contributed by atoms with Crippen LogP contribution in [0.3, 0.4) is 0 Å². The van der Waals surface area contributed by atoms with Gasteiger partial charge >= 0.3 is 5.97 Å². The van der Waals surface area contributed by atoms with Crippen LogP contribution in [-0.4, -0.2) is 43.2 Å². The molecule has 2 N–H and O–H groups in total. The minimum atomic E-state index is -1.03. The van der Waals surface area contributed by atoms with Crippen molar-refractivity contribution in [2.45, 2.75) is 32.2 Å². The molecular formula is C14H17N5O3. The second kappa shape index (κ2) is 7.30. The largest absolute Gasteiger partial charge is 0.480 e. The van der Waals surface area contributed by atoms with Gasteiger partial charge in [0, 0.05) is 5.56 Å². The van der Waals surface area contributed by atoms with Gasteiger partial charge in [-0.15, -0.1) is 5.10 Å². The maximum atomic E-state index is 12.2. The van der Waals surface area contributed by atoms with Gasteiger partial charge in [0.25, 0.3) is 5.91 Å². The van der Waals surface area contributed by atoms with E-state index in [0.717, 1.165) is 12.8 Å². The molecule has 1 heterocycles. The van der Waals surface area contributed by atoms with E-state index in [9.17, 15) is 9.59 Å². The zero-order chi connectivity index (χ0) is 15.9. The lowest BCUT2D eigenvalue weighted by Crippen LogP contribution is -2.40. The Hall–Kier alpha value is -2.77. The van der Waals surface area contributed by atoms with Gasteiger partial charge in [0.1, 0.15) is 12.4 Å². The number of carboxylic acid groups (broad SMARTS) is 1. The number of nitrogens with zero attached hydrogens (tertiary/aromatic N) is 4. The number of rotatable bonds is 7. The highest BCUT2D eigenvalue weighted by molar-refractivity contribution is 5.97. The van der Waals surface area contributed by atoms with E-state index in [1.54, 1.807) is 24.3 Å². The van der Waals surface area contributed by atoms with E-state index < -0.39 is 17.9 Å². The molecule has 8 nitrogen and oxygen atoms in total. The zero-order valence-electron chi connectivity index (χ0n) is 12.1. The zero-order valence-corrected chi connectivity index (χ0v) is 12.1. The normalized spacial score (nSPS) is 11.9. The average Bonchev–Trinajstić information content (AvgIpc) is 3.05. The van der Waals surface area contributed by atoms with E-state index in [4.69, 9.17) is 5.11 Å². The van der Waals surface area contributed by atoms with Crippen LogP contribution in [0.25, 0.3) is 5.69 Å². The molecule has 2 rings (SSSR count). The van der Waals surface area contributed by atoms with Crippen LogP contribution in [0.5, 0.6) is 0 Å². The molecule has 1 amide bonds. The molecule has 0 aliphatic rings. The molecule has 0 aliphatic carbocycles. The molecule has 0 bridgehead atoms. The fourth-order valence-corrected chi connectivity index (χ4v) is 1.98. The van der Waals surface area contributed by atoms with Gasteiger partial charge in [0.05, 0.1) is 5.69 Å². The van der Waals surface area contributed by atoms with Crippen LogP contribution in [0.4, 0.5) is 0 Å². The van der Waals surface area contributed by atoms with Crippen molar-refractivity contribution in [1.82, 2.24) is 25.5 Å². The summed E-state index contributed by atoms with van der Waals surface area (Å²) in [5.41, 5.74) is 0.980. The van der Waals surface area contributed by atoms with Gasteiger partial charge < -0.3 is 10.4 Å². The van der Waals surface area contributed by atoms with E-state index in [-0.39, 0.29) is 0 Å². The SMILES string of the molecule is CCCC[C@H](NC(=O)c1cccc(-n2cnnn2)c1)C(=O)O. The third-order valence-corrected chi connectivity index (χ3v) is 3.17. The molecule has 1 aromatic heterocycles. The average molecular weight is 303 g/mol. The number of hydrogen-bond donors (Lipinski definition) is 2. The van der Waals surface area contributed by atoms with Gasteiger partial charge in [-0.3, -0.25) is 4.79 Å². The third kappa shape index (κ3) is 3.87. The predicted molar refractivity (Wildman–Crippen MR) is 77.6 cm³/mol. The fourth-order valence-electron chi connectivity index (χ4n) is 1.98. The summed E-state index contributed by atoms with van der Waals surface area (Å²) in [5, 5.41) is 22.5. The van der Waals surface area contributed by atoms with E-state index >= 15 is 0 Å². The Morgan fingerprint density at radius 3 is 2.86 bits per heavy atom. The van der Waals surface area contributed by atoms with Crippen LogP contribution in [0, 0.1) is 0 Å². The Balaban J connectivity index is 2.12. The summed E-state index contributed by atoms with van der Waals surface area (Å²) in [4.78, 5) is 23.4. The number of hydrogen-bond acceptors (Lipinski definition) is 5. The van der Waals surface area contributed by atoms with Crippen LogP contribution in [-0.2, 0) is 4.79 Å². The molecule has 0 radical (unpaired) electrons. The summed E-state index contributed by atoms with van der Waals surface area (Å²) in [5.74, 6) is -1.46. The molecule has 0 spiro atoms. The fraction of sp³-hybridized carbons (Fsp3) is 0.357. The molecule has 1 atom stereocenters. The topological polar surface area (TPSA) is 110 Å². The predicted octanol–water partition coefficient (Wildman–Crippen LogP) is 1.04. The Labute approximate surface area is 127 Å². The number of tetrazole rings is 1. The monoisotopic (exact) mass is 303 g/mol. The second-order valence-corrected chi connectivity index (χ2v) is 4.81. The van der Waals surface area contributed by atoms with Crippen LogP contribution in [0.2, 0.25) is 0 Å². The molecule has 0 saturated carbocycles. The molecule has 0 fully saturated rings. The quantitative estimate of drug-likeness (QED) is 0.790. The Bertz CT molecular complexity index is 642. The molecule has 116 valence electrons. The number of carboxylic acids is 1. The highest BCUT2D eigenvalue weighted by atomic mass is 16.4. The number of aliphatic carboxylic acids is 1. The molecule has 8 heteroatoms. The number of benzene rings is 1. The van der Waals surface area contributed by atoms with Crippen molar-refractivity contribution in [2.75, 3.05) is 0 Å². The van der Waals surface area contributed by atoms with Gasteiger partial charge in [-0.1, -0.05) is 25.8 Å². The molecule has 0 unspecified atom stereocenters. The van der Waals surface area contributed by atoms with Crippen molar-refractivity contribution in [1.29, 1.82) is 0 Å². The Kier molecular flexibility index (Phi) is 5.18. The Morgan fingerprint density at radius 1 is 1.41 bits per heavy atom. The van der Waals surface area contributed by atoms with Crippen LogP contribution in [0.15, 0.2) is 30.6 Å². The van der Waals surface area contributed by atoms with Crippen molar-refractivity contribution in [3.05, 3.63) is 36.2 Å². The van der Waals surface area contributed by atoms with E-state index in [1.165, 1.54) is 11.0 Å². The molecular weight excluding hydrogens is 286 g/mol. The second-order valence-electron chi connectivity index (χ2n) is 4.81. The summed E-state index contributed by atoms with van der Waals surface area (Å²) in [6.45, 7) is 1.97. The first-order valence-corrected chi connectivity index (χ1v) is 6.99. The number of carbonyl (C=O) groups excluding carboxylic acids is 1. The number of nitrogens with one attached hydrogen (secondary N) is 1. The lowest BCUT2D eigenvalue weighted by atomic mass is 10.1. The highest BCUT2D eigenvalue weighted by Gasteiger charge is 2.20. The Morgan fingerprint density at radius 2 is 2.23 bits per heavy atom. The summed E-state index contributed by atoms with van der Waals surface area (Å²) in [7, 11) is 0. The first-order chi connectivity index (χ1) is 10.6. The number of unbranched alkanes of at least 4 members (excludes halogenated alkanes) is 1. The first-order valence-electron chi connectivity index (χ1n) is 6.99. The van der Waals surface area contributed by atoms with E-state index in [0.29, 0.717) is 17.7 Å². The van der Waals surface area contributed by atoms with Crippen LogP contribution in [0.1, 0.15) is 36.5 Å². The van der Waals surface area contributed by atoms with Gasteiger partial charge in [0.2, 0.25) is 0 Å². The minimum absolute atomic E-state index is 0.357. The van der Waals surface area contributed by atoms with Gasteiger partial charge in [-0.25, -0.2) is 9.48 Å². The highest BCUT2D eigenvalue weighted by Crippen LogP contribution is 2.10. The summed E-state index contributed by atoms with van der Waals surface area (Å²) >= 11 is 0. The van der Waals surface area contributed by atoms with E-state index in [2.05, 4.69) is 20.8 Å². The third-order valence-electron chi connectivity index (χ3n) is 3.17.